The van der Waals surface area contributed by atoms with Gasteiger partial charge in [0, 0.05) is 11.4 Å². The van der Waals surface area contributed by atoms with Crippen LogP contribution in [0.3, 0.4) is 0 Å². The van der Waals surface area contributed by atoms with Crippen LogP contribution < -0.4 is 0 Å². The standard InChI is InChI=1S/C12H19N3.C2H6/c1-9-10(2)13-12(14-11(9)3)8-15-6-4-5-7-15;1-2/h4-8H2,1-3H3;1-2H3. The van der Waals surface area contributed by atoms with Crippen molar-refractivity contribution in [1.29, 1.82) is 0 Å². The Kier molecular flexibility index (Phi) is 5.56. The van der Waals surface area contributed by atoms with Gasteiger partial charge in [0.1, 0.15) is 5.82 Å². The molecular formula is C14H25N3. The average molecular weight is 235 g/mol. The van der Waals surface area contributed by atoms with Crippen LogP contribution in [0.1, 0.15) is 49.5 Å². The van der Waals surface area contributed by atoms with E-state index in [-0.39, 0.29) is 0 Å². The van der Waals surface area contributed by atoms with Gasteiger partial charge in [-0.1, -0.05) is 13.8 Å². The van der Waals surface area contributed by atoms with Gasteiger partial charge in [-0.25, -0.2) is 9.97 Å². The van der Waals surface area contributed by atoms with Crippen molar-refractivity contribution < 1.29 is 0 Å². The van der Waals surface area contributed by atoms with E-state index >= 15 is 0 Å². The molecule has 96 valence electrons. The van der Waals surface area contributed by atoms with E-state index in [1.807, 2.05) is 13.8 Å². The quantitative estimate of drug-likeness (QED) is 0.789. The zero-order valence-electron chi connectivity index (χ0n) is 11.9. The van der Waals surface area contributed by atoms with Crippen molar-refractivity contribution in [2.24, 2.45) is 0 Å². The number of aromatic nitrogens is 2. The summed E-state index contributed by atoms with van der Waals surface area (Å²) in [6, 6.07) is 0. The van der Waals surface area contributed by atoms with E-state index < -0.39 is 0 Å². The first-order valence-electron chi connectivity index (χ1n) is 6.70. The molecule has 0 amide bonds. The number of likely N-dealkylation sites (tertiary alicyclic amines) is 1. The fourth-order valence-corrected chi connectivity index (χ4v) is 2.05. The molecule has 0 bridgehead atoms. The summed E-state index contributed by atoms with van der Waals surface area (Å²) in [6.45, 7) is 13.5. The Morgan fingerprint density at radius 1 is 0.941 bits per heavy atom. The molecule has 17 heavy (non-hydrogen) atoms. The molecule has 0 radical (unpaired) electrons. The third kappa shape index (κ3) is 3.77. The SMILES string of the molecule is CC.Cc1nc(CN2CCCC2)nc(C)c1C. The van der Waals surface area contributed by atoms with Crippen molar-refractivity contribution >= 4 is 0 Å². The second-order valence-corrected chi connectivity index (χ2v) is 4.42. The second-order valence-electron chi connectivity index (χ2n) is 4.42. The average Bonchev–Trinajstić information content (AvgIpc) is 2.81. The van der Waals surface area contributed by atoms with Crippen LogP contribution in [-0.2, 0) is 6.54 Å². The first kappa shape index (κ1) is 14.1. The van der Waals surface area contributed by atoms with Crippen molar-refractivity contribution in [3.63, 3.8) is 0 Å². The van der Waals surface area contributed by atoms with E-state index in [9.17, 15) is 0 Å². The summed E-state index contributed by atoms with van der Waals surface area (Å²) >= 11 is 0. The van der Waals surface area contributed by atoms with Crippen LogP contribution in [0.2, 0.25) is 0 Å². The molecule has 0 saturated carbocycles. The minimum absolute atomic E-state index is 0.919. The molecule has 0 N–H and O–H groups in total. The van der Waals surface area contributed by atoms with Crippen LogP contribution in [-0.4, -0.2) is 28.0 Å². The van der Waals surface area contributed by atoms with Gasteiger partial charge >= 0.3 is 0 Å². The lowest BCUT2D eigenvalue weighted by Crippen LogP contribution is -2.20. The van der Waals surface area contributed by atoms with Crippen molar-refractivity contribution in [1.82, 2.24) is 14.9 Å². The van der Waals surface area contributed by atoms with Crippen molar-refractivity contribution in [3.05, 3.63) is 22.8 Å². The van der Waals surface area contributed by atoms with E-state index in [4.69, 9.17) is 0 Å². The fourth-order valence-electron chi connectivity index (χ4n) is 2.05. The highest BCUT2D eigenvalue weighted by molar-refractivity contribution is 5.22. The lowest BCUT2D eigenvalue weighted by atomic mass is 10.2. The van der Waals surface area contributed by atoms with Crippen LogP contribution in [0.5, 0.6) is 0 Å². The molecule has 1 aromatic heterocycles. The summed E-state index contributed by atoms with van der Waals surface area (Å²) in [5.74, 6) is 0.984. The van der Waals surface area contributed by atoms with Crippen molar-refractivity contribution in [2.45, 2.75) is 54.0 Å². The normalized spacial score (nSPS) is 15.6. The lowest BCUT2D eigenvalue weighted by molar-refractivity contribution is 0.321. The van der Waals surface area contributed by atoms with E-state index in [0.717, 1.165) is 23.8 Å². The predicted octanol–water partition coefficient (Wildman–Crippen LogP) is 3.02. The highest BCUT2D eigenvalue weighted by Crippen LogP contribution is 2.13. The monoisotopic (exact) mass is 235 g/mol. The summed E-state index contributed by atoms with van der Waals surface area (Å²) in [5, 5.41) is 0. The molecule has 1 aliphatic heterocycles. The minimum Gasteiger partial charge on any atom is -0.296 e. The van der Waals surface area contributed by atoms with Gasteiger partial charge in [-0.2, -0.15) is 0 Å². The zero-order valence-corrected chi connectivity index (χ0v) is 11.9. The van der Waals surface area contributed by atoms with Crippen LogP contribution in [0.15, 0.2) is 0 Å². The molecule has 1 saturated heterocycles. The smallest absolute Gasteiger partial charge is 0.142 e. The molecule has 1 aliphatic rings. The Labute approximate surface area is 105 Å². The first-order chi connectivity index (χ1) is 8.16. The van der Waals surface area contributed by atoms with Gasteiger partial charge in [0.25, 0.3) is 0 Å². The topological polar surface area (TPSA) is 29.0 Å². The van der Waals surface area contributed by atoms with Crippen LogP contribution in [0, 0.1) is 20.8 Å². The van der Waals surface area contributed by atoms with Gasteiger partial charge in [-0.3, -0.25) is 4.90 Å². The summed E-state index contributed by atoms with van der Waals surface area (Å²) < 4.78 is 0. The highest BCUT2D eigenvalue weighted by atomic mass is 15.2. The molecule has 0 spiro atoms. The minimum atomic E-state index is 0.919. The third-order valence-electron chi connectivity index (χ3n) is 3.24. The largest absolute Gasteiger partial charge is 0.296 e. The van der Waals surface area contributed by atoms with Gasteiger partial charge in [-0.15, -0.1) is 0 Å². The highest BCUT2D eigenvalue weighted by Gasteiger charge is 2.14. The Hall–Kier alpha value is -0.960. The van der Waals surface area contributed by atoms with E-state index in [1.165, 1.54) is 31.5 Å². The van der Waals surface area contributed by atoms with Gasteiger partial charge < -0.3 is 0 Å². The molecule has 0 atom stereocenters. The maximum atomic E-state index is 4.54. The molecule has 0 aliphatic carbocycles. The second kappa shape index (κ2) is 6.70. The molecular weight excluding hydrogens is 210 g/mol. The van der Waals surface area contributed by atoms with E-state index in [2.05, 4.69) is 35.6 Å². The predicted molar refractivity (Wildman–Crippen MR) is 72.1 cm³/mol. The van der Waals surface area contributed by atoms with Crippen molar-refractivity contribution in [2.75, 3.05) is 13.1 Å². The Morgan fingerprint density at radius 3 is 1.88 bits per heavy atom. The van der Waals surface area contributed by atoms with Gasteiger partial charge in [0.05, 0.1) is 6.54 Å². The van der Waals surface area contributed by atoms with Crippen LogP contribution in [0.4, 0.5) is 0 Å². The van der Waals surface area contributed by atoms with Crippen molar-refractivity contribution in [3.8, 4) is 0 Å². The number of aryl methyl sites for hydroxylation is 2. The number of nitrogens with zero attached hydrogens (tertiary/aromatic N) is 3. The van der Waals surface area contributed by atoms with Gasteiger partial charge in [0.2, 0.25) is 0 Å². The molecule has 3 heteroatoms. The zero-order chi connectivity index (χ0) is 12.8. The van der Waals surface area contributed by atoms with Gasteiger partial charge in [0.15, 0.2) is 0 Å². The number of rotatable bonds is 2. The summed E-state index contributed by atoms with van der Waals surface area (Å²) in [5.41, 5.74) is 3.47. The van der Waals surface area contributed by atoms with Crippen LogP contribution >= 0.6 is 0 Å². The Morgan fingerprint density at radius 2 is 1.41 bits per heavy atom. The van der Waals surface area contributed by atoms with E-state index in [1.54, 1.807) is 0 Å². The first-order valence-corrected chi connectivity index (χ1v) is 6.70. The number of hydrogen-bond donors (Lipinski definition) is 0. The summed E-state index contributed by atoms with van der Waals surface area (Å²) in [4.78, 5) is 11.5. The van der Waals surface area contributed by atoms with Gasteiger partial charge in [-0.05, 0) is 52.3 Å². The Bertz CT molecular complexity index is 331. The third-order valence-corrected chi connectivity index (χ3v) is 3.24. The maximum absolute atomic E-state index is 4.54. The lowest BCUT2D eigenvalue weighted by Gasteiger charge is -2.14. The number of hydrogen-bond acceptors (Lipinski definition) is 3. The fraction of sp³-hybridized carbons (Fsp3) is 0.714. The molecule has 1 aromatic rings. The van der Waals surface area contributed by atoms with Crippen LogP contribution in [0.25, 0.3) is 0 Å². The molecule has 2 rings (SSSR count). The molecule has 3 nitrogen and oxygen atoms in total. The molecule has 0 aromatic carbocycles. The summed E-state index contributed by atoms with van der Waals surface area (Å²) in [7, 11) is 0. The van der Waals surface area contributed by atoms with E-state index in [0.29, 0.717) is 0 Å². The maximum Gasteiger partial charge on any atom is 0.142 e. The molecule has 2 heterocycles. The molecule has 1 fully saturated rings. The Balaban J connectivity index is 0.000000686. The summed E-state index contributed by atoms with van der Waals surface area (Å²) in [6.07, 6.45) is 2.65. The molecule has 0 unspecified atom stereocenters.